The van der Waals surface area contributed by atoms with Gasteiger partial charge >= 0.3 is 0 Å². The second kappa shape index (κ2) is 4.28. The Morgan fingerprint density at radius 3 is 2.68 bits per heavy atom. The van der Waals surface area contributed by atoms with Crippen molar-refractivity contribution >= 4 is 23.1 Å². The molecule has 0 radical (unpaired) electrons. The molecule has 3 nitrogen and oxygen atoms in total. The first-order valence-electron chi connectivity index (χ1n) is 6.07. The van der Waals surface area contributed by atoms with Gasteiger partial charge in [-0.15, -0.1) is 0 Å². The molecule has 0 aliphatic rings. The van der Waals surface area contributed by atoms with Gasteiger partial charge in [-0.1, -0.05) is 35.4 Å². The highest BCUT2D eigenvalue weighted by Crippen LogP contribution is 2.30. The smallest absolute Gasteiger partial charge is 0.140 e. The monoisotopic (exact) mass is 271 g/mol. The summed E-state index contributed by atoms with van der Waals surface area (Å²) in [5, 5.41) is 0.657. The van der Waals surface area contributed by atoms with Crippen LogP contribution in [0.1, 0.15) is 11.1 Å². The predicted octanol–water partition coefficient (Wildman–Crippen LogP) is 3.85. The van der Waals surface area contributed by atoms with Crippen molar-refractivity contribution in [2.24, 2.45) is 0 Å². The molecule has 0 aliphatic heterocycles. The third-order valence-corrected chi connectivity index (χ3v) is 3.50. The van der Waals surface area contributed by atoms with Gasteiger partial charge in [-0.2, -0.15) is 0 Å². The highest BCUT2D eigenvalue weighted by molar-refractivity contribution is 6.30. The fourth-order valence-corrected chi connectivity index (χ4v) is 2.47. The number of halogens is 1. The molecule has 0 bridgehead atoms. The molecule has 3 aromatic rings. The Balaban J connectivity index is 2.27. The standard InChI is InChI=1S/C15H14ClN3/c1-9-3-4-12(10(2)7-9)14-15(17)19-6-5-11(16)8-13(19)18-14/h3-8H,17H2,1-2H3. The summed E-state index contributed by atoms with van der Waals surface area (Å²) in [5.41, 5.74) is 11.2. The van der Waals surface area contributed by atoms with E-state index in [0.29, 0.717) is 10.8 Å². The molecular formula is C15H14ClN3. The van der Waals surface area contributed by atoms with Crippen molar-refractivity contribution in [3.63, 3.8) is 0 Å². The van der Waals surface area contributed by atoms with Crippen molar-refractivity contribution in [1.29, 1.82) is 0 Å². The maximum absolute atomic E-state index is 6.19. The molecular weight excluding hydrogens is 258 g/mol. The van der Waals surface area contributed by atoms with Crippen molar-refractivity contribution < 1.29 is 0 Å². The molecule has 3 rings (SSSR count). The summed E-state index contributed by atoms with van der Waals surface area (Å²) in [6.07, 6.45) is 1.84. The molecule has 96 valence electrons. The Kier molecular flexibility index (Phi) is 2.72. The lowest BCUT2D eigenvalue weighted by Crippen LogP contribution is -1.94. The number of imidazole rings is 1. The maximum atomic E-state index is 6.19. The number of aromatic nitrogens is 2. The summed E-state index contributed by atoms with van der Waals surface area (Å²) in [6.45, 7) is 4.14. The molecule has 2 N–H and O–H groups in total. The van der Waals surface area contributed by atoms with Crippen LogP contribution in [0.3, 0.4) is 0 Å². The van der Waals surface area contributed by atoms with Crippen LogP contribution >= 0.6 is 11.6 Å². The maximum Gasteiger partial charge on any atom is 0.140 e. The van der Waals surface area contributed by atoms with Gasteiger partial charge in [-0.3, -0.25) is 4.40 Å². The average molecular weight is 272 g/mol. The van der Waals surface area contributed by atoms with Gasteiger partial charge in [0.1, 0.15) is 17.2 Å². The zero-order chi connectivity index (χ0) is 13.6. The first-order chi connectivity index (χ1) is 9.06. The molecule has 0 unspecified atom stereocenters. The van der Waals surface area contributed by atoms with Crippen LogP contribution in [0.5, 0.6) is 0 Å². The lowest BCUT2D eigenvalue weighted by atomic mass is 10.0. The minimum absolute atomic E-state index is 0.638. The summed E-state index contributed by atoms with van der Waals surface area (Å²) < 4.78 is 1.85. The second-order valence-electron chi connectivity index (χ2n) is 4.74. The van der Waals surface area contributed by atoms with Gasteiger partial charge in [-0.25, -0.2) is 4.98 Å². The number of rotatable bonds is 1. The van der Waals surface area contributed by atoms with E-state index in [2.05, 4.69) is 37.0 Å². The van der Waals surface area contributed by atoms with Gasteiger partial charge in [-0.05, 0) is 25.5 Å². The predicted molar refractivity (Wildman–Crippen MR) is 79.5 cm³/mol. The highest BCUT2D eigenvalue weighted by atomic mass is 35.5. The lowest BCUT2D eigenvalue weighted by molar-refractivity contribution is 1.20. The van der Waals surface area contributed by atoms with E-state index in [4.69, 9.17) is 17.3 Å². The minimum atomic E-state index is 0.638. The van der Waals surface area contributed by atoms with Crippen LogP contribution in [0.2, 0.25) is 5.02 Å². The Morgan fingerprint density at radius 1 is 1.16 bits per heavy atom. The number of nitrogens with zero attached hydrogens (tertiary/aromatic N) is 2. The van der Waals surface area contributed by atoms with Crippen molar-refractivity contribution in [3.8, 4) is 11.3 Å². The number of nitrogen functional groups attached to an aromatic ring is 1. The SMILES string of the molecule is Cc1ccc(-c2nc3cc(Cl)ccn3c2N)c(C)c1. The fraction of sp³-hybridized carbons (Fsp3) is 0.133. The molecule has 0 aliphatic carbocycles. The molecule has 0 amide bonds. The molecule has 0 spiro atoms. The zero-order valence-electron chi connectivity index (χ0n) is 10.8. The van der Waals surface area contributed by atoms with E-state index in [0.717, 1.165) is 16.9 Å². The Hall–Kier alpha value is -2.00. The lowest BCUT2D eigenvalue weighted by Gasteiger charge is -2.05. The summed E-state index contributed by atoms with van der Waals surface area (Å²) in [6, 6.07) is 9.87. The molecule has 0 saturated carbocycles. The summed E-state index contributed by atoms with van der Waals surface area (Å²) in [7, 11) is 0. The van der Waals surface area contributed by atoms with Crippen LogP contribution in [0.15, 0.2) is 36.5 Å². The third-order valence-electron chi connectivity index (χ3n) is 3.26. The summed E-state index contributed by atoms with van der Waals surface area (Å²) in [5.74, 6) is 0.638. The normalized spacial score (nSPS) is 11.1. The number of hydrogen-bond acceptors (Lipinski definition) is 2. The summed E-state index contributed by atoms with van der Waals surface area (Å²) in [4.78, 5) is 4.59. The van der Waals surface area contributed by atoms with Gasteiger partial charge in [0.2, 0.25) is 0 Å². The summed E-state index contributed by atoms with van der Waals surface area (Å²) >= 11 is 5.98. The van der Waals surface area contributed by atoms with E-state index in [1.165, 1.54) is 11.1 Å². The molecule has 2 aromatic heterocycles. The van der Waals surface area contributed by atoms with Crippen molar-refractivity contribution in [1.82, 2.24) is 9.38 Å². The van der Waals surface area contributed by atoms with E-state index in [1.807, 2.05) is 16.7 Å². The molecule has 0 atom stereocenters. The van der Waals surface area contributed by atoms with Crippen LogP contribution in [0.25, 0.3) is 16.9 Å². The van der Waals surface area contributed by atoms with Gasteiger partial charge in [0.15, 0.2) is 0 Å². The number of benzene rings is 1. The molecule has 1 aromatic carbocycles. The van der Waals surface area contributed by atoms with Crippen LogP contribution in [-0.2, 0) is 0 Å². The number of anilines is 1. The van der Waals surface area contributed by atoms with Crippen LogP contribution in [0, 0.1) is 13.8 Å². The van der Waals surface area contributed by atoms with Gasteiger partial charge in [0.25, 0.3) is 0 Å². The van der Waals surface area contributed by atoms with Crippen LogP contribution in [0.4, 0.5) is 5.82 Å². The van der Waals surface area contributed by atoms with Gasteiger partial charge in [0, 0.05) is 22.8 Å². The van der Waals surface area contributed by atoms with Crippen molar-refractivity contribution in [2.75, 3.05) is 5.73 Å². The Labute approximate surface area is 116 Å². The Morgan fingerprint density at radius 2 is 1.95 bits per heavy atom. The first-order valence-corrected chi connectivity index (χ1v) is 6.45. The van der Waals surface area contributed by atoms with Crippen molar-refractivity contribution in [2.45, 2.75) is 13.8 Å². The number of aryl methyl sites for hydroxylation is 2. The van der Waals surface area contributed by atoms with Crippen LogP contribution < -0.4 is 5.73 Å². The second-order valence-corrected chi connectivity index (χ2v) is 5.17. The van der Waals surface area contributed by atoms with Crippen molar-refractivity contribution in [3.05, 3.63) is 52.7 Å². The number of nitrogens with two attached hydrogens (primary N) is 1. The zero-order valence-corrected chi connectivity index (χ0v) is 11.6. The minimum Gasteiger partial charge on any atom is -0.383 e. The molecule has 0 saturated heterocycles. The molecule has 0 fully saturated rings. The third kappa shape index (κ3) is 1.96. The number of pyridine rings is 1. The number of fused-ring (bicyclic) bond motifs is 1. The average Bonchev–Trinajstić information content (AvgIpc) is 2.66. The topological polar surface area (TPSA) is 43.3 Å². The Bertz CT molecular complexity index is 774. The van der Waals surface area contributed by atoms with E-state index in [-0.39, 0.29) is 0 Å². The van der Waals surface area contributed by atoms with E-state index in [9.17, 15) is 0 Å². The number of hydrogen-bond donors (Lipinski definition) is 1. The van der Waals surface area contributed by atoms with Gasteiger partial charge < -0.3 is 5.73 Å². The van der Waals surface area contributed by atoms with Crippen LogP contribution in [-0.4, -0.2) is 9.38 Å². The van der Waals surface area contributed by atoms with E-state index >= 15 is 0 Å². The quantitative estimate of drug-likeness (QED) is 0.730. The van der Waals surface area contributed by atoms with E-state index < -0.39 is 0 Å². The molecule has 2 heterocycles. The van der Waals surface area contributed by atoms with E-state index in [1.54, 1.807) is 6.07 Å². The first kappa shape index (κ1) is 12.1. The molecule has 4 heteroatoms. The molecule has 19 heavy (non-hydrogen) atoms. The largest absolute Gasteiger partial charge is 0.383 e. The fourth-order valence-electron chi connectivity index (χ4n) is 2.32. The highest BCUT2D eigenvalue weighted by Gasteiger charge is 2.13. The van der Waals surface area contributed by atoms with Gasteiger partial charge in [0.05, 0.1) is 0 Å².